The first-order valence-corrected chi connectivity index (χ1v) is 7.76. The van der Waals surface area contributed by atoms with Crippen LogP contribution in [0, 0.1) is 0 Å². The Labute approximate surface area is 137 Å². The van der Waals surface area contributed by atoms with E-state index in [2.05, 4.69) is 6.07 Å². The van der Waals surface area contributed by atoms with E-state index >= 15 is 0 Å². The van der Waals surface area contributed by atoms with Gasteiger partial charge in [0.25, 0.3) is 0 Å². The Morgan fingerprint density at radius 3 is 2.36 bits per heavy atom. The number of hydrogen-bond donors (Lipinski definition) is 1. The van der Waals surface area contributed by atoms with Gasteiger partial charge in [0.2, 0.25) is 0 Å². The highest BCUT2D eigenvalue weighted by Gasteiger charge is 2.07. The first-order chi connectivity index (χ1) is 10.6. The molecule has 2 rings (SSSR count). The van der Waals surface area contributed by atoms with Gasteiger partial charge in [0.1, 0.15) is 6.61 Å². The lowest BCUT2D eigenvalue weighted by Gasteiger charge is -2.13. The molecule has 2 aromatic carbocycles. The number of nitrogens with two attached hydrogens (primary N) is 1. The lowest BCUT2D eigenvalue weighted by Crippen LogP contribution is -2.15. The zero-order valence-corrected chi connectivity index (χ0v) is 13.8. The molecule has 0 aliphatic carbocycles. The highest BCUT2D eigenvalue weighted by Crippen LogP contribution is 2.29. The minimum absolute atomic E-state index is 0.201. The molecule has 0 spiro atoms. The van der Waals surface area contributed by atoms with Crippen molar-refractivity contribution in [1.82, 2.24) is 0 Å². The summed E-state index contributed by atoms with van der Waals surface area (Å²) >= 11 is 5.88. The van der Waals surface area contributed by atoms with Crippen LogP contribution >= 0.6 is 11.6 Å². The number of halogens is 1. The number of benzene rings is 2. The quantitative estimate of drug-likeness (QED) is 0.831. The van der Waals surface area contributed by atoms with E-state index in [1.807, 2.05) is 43.3 Å². The van der Waals surface area contributed by atoms with Gasteiger partial charge in [-0.15, -0.1) is 0 Å². The summed E-state index contributed by atoms with van der Waals surface area (Å²) in [6, 6.07) is 13.8. The Morgan fingerprint density at radius 1 is 1.05 bits per heavy atom. The fourth-order valence-corrected chi connectivity index (χ4v) is 2.25. The van der Waals surface area contributed by atoms with Crippen molar-refractivity contribution in [2.75, 3.05) is 7.11 Å². The zero-order chi connectivity index (χ0) is 15.9. The molecule has 2 N–H and O–H groups in total. The summed E-state index contributed by atoms with van der Waals surface area (Å²) in [5, 5.41) is 0.722. The molecule has 1 atom stereocenters. The van der Waals surface area contributed by atoms with E-state index in [9.17, 15) is 0 Å². The third-order valence-electron chi connectivity index (χ3n) is 3.42. The van der Waals surface area contributed by atoms with Gasteiger partial charge in [-0.25, -0.2) is 0 Å². The van der Waals surface area contributed by atoms with Gasteiger partial charge in [0, 0.05) is 11.1 Å². The zero-order valence-electron chi connectivity index (χ0n) is 13.0. The third-order valence-corrected chi connectivity index (χ3v) is 3.68. The lowest BCUT2D eigenvalue weighted by molar-refractivity contribution is 0.284. The summed E-state index contributed by atoms with van der Waals surface area (Å²) in [6.45, 7) is 2.49. The van der Waals surface area contributed by atoms with Crippen LogP contribution in [0.3, 0.4) is 0 Å². The second-order valence-corrected chi connectivity index (χ2v) is 5.85. The van der Waals surface area contributed by atoms with Gasteiger partial charge < -0.3 is 15.2 Å². The van der Waals surface area contributed by atoms with E-state index in [1.54, 1.807) is 7.11 Å². The summed E-state index contributed by atoms with van der Waals surface area (Å²) < 4.78 is 11.3. The molecule has 0 radical (unpaired) electrons. The van der Waals surface area contributed by atoms with Crippen molar-refractivity contribution in [2.45, 2.75) is 32.4 Å². The first-order valence-electron chi connectivity index (χ1n) is 7.38. The Hall–Kier alpha value is -1.71. The molecule has 1 unspecified atom stereocenters. The molecule has 0 heterocycles. The Balaban J connectivity index is 2.02. The highest BCUT2D eigenvalue weighted by molar-refractivity contribution is 6.30. The van der Waals surface area contributed by atoms with Crippen LogP contribution in [-0.4, -0.2) is 13.2 Å². The standard InChI is InChI=1S/C18H22ClNO2/c1-13(20)3-4-14-7-10-17(18(11-14)21-2)22-12-15-5-8-16(19)9-6-15/h5-11,13H,3-4,12,20H2,1-2H3. The monoisotopic (exact) mass is 319 g/mol. The SMILES string of the molecule is COc1cc(CCC(C)N)ccc1OCc1ccc(Cl)cc1. The Morgan fingerprint density at radius 2 is 1.73 bits per heavy atom. The highest BCUT2D eigenvalue weighted by atomic mass is 35.5. The summed E-state index contributed by atoms with van der Waals surface area (Å²) in [4.78, 5) is 0. The Kier molecular flexibility index (Phi) is 6.10. The summed E-state index contributed by atoms with van der Waals surface area (Å²) in [6.07, 6.45) is 1.89. The van der Waals surface area contributed by atoms with E-state index in [-0.39, 0.29) is 6.04 Å². The van der Waals surface area contributed by atoms with Crippen LogP contribution < -0.4 is 15.2 Å². The summed E-state index contributed by atoms with van der Waals surface area (Å²) in [5.74, 6) is 1.48. The Bertz CT molecular complexity index is 597. The fraction of sp³-hybridized carbons (Fsp3) is 0.333. The van der Waals surface area contributed by atoms with Crippen LogP contribution in [0.15, 0.2) is 42.5 Å². The van der Waals surface area contributed by atoms with Gasteiger partial charge in [0.05, 0.1) is 7.11 Å². The molecule has 2 aromatic rings. The number of rotatable bonds is 7. The van der Waals surface area contributed by atoms with Crippen molar-refractivity contribution in [3.63, 3.8) is 0 Å². The molecule has 4 heteroatoms. The van der Waals surface area contributed by atoms with Crippen LogP contribution in [0.25, 0.3) is 0 Å². The second kappa shape index (κ2) is 8.06. The third kappa shape index (κ3) is 4.93. The lowest BCUT2D eigenvalue weighted by atomic mass is 10.1. The van der Waals surface area contributed by atoms with Gasteiger partial charge in [0.15, 0.2) is 11.5 Å². The van der Waals surface area contributed by atoms with Gasteiger partial charge in [-0.1, -0.05) is 29.8 Å². The van der Waals surface area contributed by atoms with Crippen molar-refractivity contribution in [3.05, 3.63) is 58.6 Å². The normalized spacial score (nSPS) is 12.0. The van der Waals surface area contributed by atoms with Gasteiger partial charge in [-0.3, -0.25) is 0 Å². The number of ether oxygens (including phenoxy) is 2. The molecule has 118 valence electrons. The molecule has 3 nitrogen and oxygen atoms in total. The number of hydrogen-bond acceptors (Lipinski definition) is 3. The van der Waals surface area contributed by atoms with Crippen LogP contribution in [0.5, 0.6) is 11.5 Å². The maximum atomic E-state index is 5.88. The average molecular weight is 320 g/mol. The molecule has 0 fully saturated rings. The molecule has 0 aliphatic heterocycles. The smallest absolute Gasteiger partial charge is 0.161 e. The van der Waals surface area contributed by atoms with Crippen LogP contribution in [0.1, 0.15) is 24.5 Å². The topological polar surface area (TPSA) is 44.5 Å². The molecule has 0 bridgehead atoms. The maximum absolute atomic E-state index is 5.88. The van der Waals surface area contributed by atoms with Crippen LogP contribution in [0.4, 0.5) is 0 Å². The fourth-order valence-electron chi connectivity index (χ4n) is 2.12. The van der Waals surface area contributed by atoms with E-state index < -0.39 is 0 Å². The molecule has 0 saturated carbocycles. The van der Waals surface area contributed by atoms with E-state index in [4.69, 9.17) is 26.8 Å². The number of methoxy groups -OCH3 is 1. The van der Waals surface area contributed by atoms with Crippen molar-refractivity contribution in [3.8, 4) is 11.5 Å². The molecule has 0 amide bonds. The molecule has 0 saturated heterocycles. The minimum Gasteiger partial charge on any atom is -0.493 e. The molecule has 0 aromatic heterocycles. The van der Waals surface area contributed by atoms with E-state index in [0.29, 0.717) is 6.61 Å². The van der Waals surface area contributed by atoms with Crippen molar-refractivity contribution in [2.24, 2.45) is 5.73 Å². The maximum Gasteiger partial charge on any atom is 0.161 e. The van der Waals surface area contributed by atoms with Crippen LogP contribution in [-0.2, 0) is 13.0 Å². The average Bonchev–Trinajstić information content (AvgIpc) is 2.52. The van der Waals surface area contributed by atoms with Gasteiger partial charge in [-0.05, 0) is 55.2 Å². The van der Waals surface area contributed by atoms with Crippen molar-refractivity contribution in [1.29, 1.82) is 0 Å². The second-order valence-electron chi connectivity index (χ2n) is 5.42. The van der Waals surface area contributed by atoms with Crippen LogP contribution in [0.2, 0.25) is 5.02 Å². The predicted molar refractivity (Wildman–Crippen MR) is 90.7 cm³/mol. The van der Waals surface area contributed by atoms with Gasteiger partial charge in [-0.2, -0.15) is 0 Å². The summed E-state index contributed by atoms with van der Waals surface area (Å²) in [7, 11) is 1.65. The molecular weight excluding hydrogens is 298 g/mol. The first kappa shape index (κ1) is 16.7. The van der Waals surface area contributed by atoms with Gasteiger partial charge >= 0.3 is 0 Å². The van der Waals surface area contributed by atoms with E-state index in [1.165, 1.54) is 5.56 Å². The largest absolute Gasteiger partial charge is 0.493 e. The molecule has 0 aliphatic rings. The van der Waals surface area contributed by atoms with Crippen molar-refractivity contribution >= 4 is 11.6 Å². The van der Waals surface area contributed by atoms with Crippen molar-refractivity contribution < 1.29 is 9.47 Å². The van der Waals surface area contributed by atoms with E-state index in [0.717, 1.165) is 34.9 Å². The summed E-state index contributed by atoms with van der Waals surface area (Å²) in [5.41, 5.74) is 8.06. The molecular formula is C18H22ClNO2. The molecule has 22 heavy (non-hydrogen) atoms. The minimum atomic E-state index is 0.201. The number of aryl methyl sites for hydroxylation is 1. The predicted octanol–water partition coefficient (Wildman–Crippen LogP) is 4.21.